The summed E-state index contributed by atoms with van der Waals surface area (Å²) in [5.74, 6) is -1.42. The van der Waals surface area contributed by atoms with E-state index in [-0.39, 0.29) is 12.3 Å². The SMILES string of the molecule is COC(=O)C[C@@H](c1nc2ccccc2s1)N(C(=O)OC(C)C)C(=O)[C@@H](N)C(C)C. The van der Waals surface area contributed by atoms with Crippen LogP contribution in [0.5, 0.6) is 0 Å². The lowest BCUT2D eigenvalue weighted by molar-refractivity contribution is -0.143. The van der Waals surface area contributed by atoms with Crippen molar-refractivity contribution in [3.8, 4) is 0 Å². The van der Waals surface area contributed by atoms with E-state index in [4.69, 9.17) is 15.2 Å². The molecule has 2 rings (SSSR count). The topological polar surface area (TPSA) is 112 Å². The summed E-state index contributed by atoms with van der Waals surface area (Å²) < 4.78 is 11.0. The molecule has 158 valence electrons. The number of thiazole rings is 1. The van der Waals surface area contributed by atoms with Crippen LogP contribution in [-0.4, -0.2) is 47.1 Å². The number of ether oxygens (including phenoxy) is 2. The van der Waals surface area contributed by atoms with Crippen LogP contribution in [-0.2, 0) is 19.1 Å². The lowest BCUT2D eigenvalue weighted by Gasteiger charge is -2.31. The van der Waals surface area contributed by atoms with E-state index in [2.05, 4.69) is 4.98 Å². The number of methoxy groups -OCH3 is 1. The highest BCUT2D eigenvalue weighted by Gasteiger charge is 2.39. The zero-order valence-electron chi connectivity index (χ0n) is 17.2. The summed E-state index contributed by atoms with van der Waals surface area (Å²) in [7, 11) is 1.25. The third-order valence-electron chi connectivity index (χ3n) is 4.27. The molecule has 2 N–H and O–H groups in total. The Bertz CT molecular complexity index is 847. The largest absolute Gasteiger partial charge is 0.469 e. The molecule has 0 unspecified atom stereocenters. The van der Waals surface area contributed by atoms with Gasteiger partial charge in [0.2, 0.25) is 5.91 Å². The van der Waals surface area contributed by atoms with E-state index in [1.807, 2.05) is 24.3 Å². The normalized spacial score (nSPS) is 13.4. The molecule has 0 fully saturated rings. The average molecular weight is 422 g/mol. The highest BCUT2D eigenvalue weighted by molar-refractivity contribution is 7.18. The van der Waals surface area contributed by atoms with Crippen molar-refractivity contribution in [3.05, 3.63) is 29.3 Å². The minimum Gasteiger partial charge on any atom is -0.469 e. The Kier molecular flexibility index (Phi) is 7.69. The fraction of sp³-hybridized carbons (Fsp3) is 0.500. The Hall–Kier alpha value is -2.52. The summed E-state index contributed by atoms with van der Waals surface area (Å²) in [5.41, 5.74) is 6.76. The summed E-state index contributed by atoms with van der Waals surface area (Å²) in [6.45, 7) is 6.91. The van der Waals surface area contributed by atoms with Gasteiger partial charge in [-0.15, -0.1) is 11.3 Å². The Morgan fingerprint density at radius 1 is 1.17 bits per heavy atom. The van der Waals surface area contributed by atoms with Crippen molar-refractivity contribution in [1.82, 2.24) is 9.88 Å². The fourth-order valence-electron chi connectivity index (χ4n) is 2.64. The van der Waals surface area contributed by atoms with Crippen molar-refractivity contribution >= 4 is 39.5 Å². The average Bonchev–Trinajstić information content (AvgIpc) is 3.09. The predicted octanol–water partition coefficient (Wildman–Crippen LogP) is 3.26. The van der Waals surface area contributed by atoms with E-state index in [0.29, 0.717) is 10.5 Å². The molecular weight excluding hydrogens is 394 g/mol. The van der Waals surface area contributed by atoms with Crippen LogP contribution < -0.4 is 5.73 Å². The van der Waals surface area contributed by atoms with Gasteiger partial charge in [-0.2, -0.15) is 0 Å². The summed E-state index contributed by atoms with van der Waals surface area (Å²) in [4.78, 5) is 43.6. The number of rotatable bonds is 7. The van der Waals surface area contributed by atoms with Gasteiger partial charge >= 0.3 is 12.1 Å². The van der Waals surface area contributed by atoms with Crippen molar-refractivity contribution in [2.75, 3.05) is 7.11 Å². The second kappa shape index (κ2) is 9.80. The number of esters is 1. The maximum atomic E-state index is 13.1. The lowest BCUT2D eigenvalue weighted by atomic mass is 10.0. The molecule has 9 heteroatoms. The molecule has 1 aromatic heterocycles. The number of aromatic nitrogens is 1. The molecular formula is C20H27N3O5S. The molecule has 0 spiro atoms. The van der Waals surface area contributed by atoms with Crippen LogP contribution in [0.15, 0.2) is 24.3 Å². The maximum Gasteiger partial charge on any atom is 0.417 e. The van der Waals surface area contributed by atoms with Crippen LogP contribution in [0.4, 0.5) is 4.79 Å². The molecule has 0 bridgehead atoms. The molecule has 0 saturated heterocycles. The van der Waals surface area contributed by atoms with E-state index in [0.717, 1.165) is 9.60 Å². The number of amides is 2. The highest BCUT2D eigenvalue weighted by Crippen LogP contribution is 2.33. The molecule has 1 heterocycles. The van der Waals surface area contributed by atoms with E-state index in [1.165, 1.54) is 18.4 Å². The number of hydrogen-bond acceptors (Lipinski definition) is 8. The number of carbonyl (C=O) groups is 3. The van der Waals surface area contributed by atoms with Crippen molar-refractivity contribution in [3.63, 3.8) is 0 Å². The Morgan fingerprint density at radius 2 is 1.83 bits per heavy atom. The molecule has 1 aromatic carbocycles. The first-order valence-corrected chi connectivity index (χ1v) is 10.2. The number of imide groups is 1. The second-order valence-corrected chi connectivity index (χ2v) is 8.29. The first kappa shape index (κ1) is 22.8. The number of benzene rings is 1. The number of hydrogen-bond donors (Lipinski definition) is 1. The van der Waals surface area contributed by atoms with Crippen LogP contribution in [0.2, 0.25) is 0 Å². The fourth-order valence-corrected chi connectivity index (χ4v) is 3.70. The Labute approximate surface area is 174 Å². The van der Waals surface area contributed by atoms with Gasteiger partial charge in [-0.05, 0) is 31.9 Å². The summed E-state index contributed by atoms with van der Waals surface area (Å²) in [6, 6.07) is 5.48. The zero-order chi connectivity index (χ0) is 21.7. The van der Waals surface area contributed by atoms with Crippen molar-refractivity contribution < 1.29 is 23.9 Å². The Morgan fingerprint density at radius 3 is 2.38 bits per heavy atom. The molecule has 2 atom stereocenters. The lowest BCUT2D eigenvalue weighted by Crippen LogP contribution is -2.51. The van der Waals surface area contributed by atoms with Gasteiger partial charge in [0, 0.05) is 0 Å². The third kappa shape index (κ3) is 5.51. The molecule has 0 aliphatic carbocycles. The van der Waals surface area contributed by atoms with E-state index in [9.17, 15) is 14.4 Å². The van der Waals surface area contributed by atoms with Gasteiger partial charge in [0.25, 0.3) is 0 Å². The molecule has 2 amide bonds. The minimum absolute atomic E-state index is 0.217. The standard InChI is InChI=1S/C20H27N3O5S/c1-11(2)17(21)19(25)23(20(26)28-12(3)4)14(10-16(24)27-5)18-22-13-8-6-7-9-15(13)29-18/h6-9,11-12,14,17H,10,21H2,1-5H3/t14-,17-/m0/s1. The number of fused-ring (bicyclic) bond motifs is 1. The summed E-state index contributed by atoms with van der Waals surface area (Å²) in [5, 5.41) is 0.432. The van der Waals surface area contributed by atoms with Gasteiger partial charge in [0.05, 0.1) is 35.9 Å². The number of para-hydroxylation sites is 1. The van der Waals surface area contributed by atoms with E-state index >= 15 is 0 Å². The molecule has 0 saturated carbocycles. The van der Waals surface area contributed by atoms with E-state index < -0.39 is 36.2 Å². The summed E-state index contributed by atoms with van der Waals surface area (Å²) >= 11 is 1.30. The number of nitrogens with two attached hydrogens (primary N) is 1. The molecule has 29 heavy (non-hydrogen) atoms. The van der Waals surface area contributed by atoms with Crippen LogP contribution >= 0.6 is 11.3 Å². The van der Waals surface area contributed by atoms with Gasteiger partial charge in [0.1, 0.15) is 11.0 Å². The monoisotopic (exact) mass is 421 g/mol. The number of nitrogens with zero attached hydrogens (tertiary/aromatic N) is 2. The van der Waals surface area contributed by atoms with Gasteiger partial charge in [0.15, 0.2) is 0 Å². The van der Waals surface area contributed by atoms with Crippen LogP contribution in [0.3, 0.4) is 0 Å². The molecule has 0 aliphatic heterocycles. The van der Waals surface area contributed by atoms with Gasteiger partial charge in [-0.1, -0.05) is 26.0 Å². The smallest absolute Gasteiger partial charge is 0.417 e. The van der Waals surface area contributed by atoms with Crippen molar-refractivity contribution in [2.24, 2.45) is 11.7 Å². The van der Waals surface area contributed by atoms with Gasteiger partial charge in [-0.25, -0.2) is 14.7 Å². The Balaban J connectivity index is 2.56. The predicted molar refractivity (Wildman–Crippen MR) is 110 cm³/mol. The minimum atomic E-state index is -0.983. The number of carbonyl (C=O) groups excluding carboxylic acids is 3. The van der Waals surface area contributed by atoms with Crippen LogP contribution in [0.1, 0.15) is 45.2 Å². The van der Waals surface area contributed by atoms with Crippen molar-refractivity contribution in [2.45, 2.75) is 52.3 Å². The van der Waals surface area contributed by atoms with Crippen LogP contribution in [0, 0.1) is 5.92 Å². The molecule has 0 aliphatic rings. The first-order valence-electron chi connectivity index (χ1n) is 9.37. The zero-order valence-corrected chi connectivity index (χ0v) is 18.1. The van der Waals surface area contributed by atoms with E-state index in [1.54, 1.807) is 27.7 Å². The second-order valence-electron chi connectivity index (χ2n) is 7.23. The van der Waals surface area contributed by atoms with Gasteiger partial charge in [-0.3, -0.25) is 9.59 Å². The molecule has 0 radical (unpaired) electrons. The maximum absolute atomic E-state index is 13.1. The van der Waals surface area contributed by atoms with Crippen molar-refractivity contribution in [1.29, 1.82) is 0 Å². The van der Waals surface area contributed by atoms with Gasteiger partial charge < -0.3 is 15.2 Å². The molecule has 2 aromatic rings. The van der Waals surface area contributed by atoms with Crippen LogP contribution in [0.25, 0.3) is 10.2 Å². The quantitative estimate of drug-likeness (QED) is 0.683. The molecule has 8 nitrogen and oxygen atoms in total. The first-order chi connectivity index (χ1) is 13.6. The highest BCUT2D eigenvalue weighted by atomic mass is 32.1. The third-order valence-corrected chi connectivity index (χ3v) is 5.41. The summed E-state index contributed by atoms with van der Waals surface area (Å²) in [6.07, 6.45) is -1.57.